The van der Waals surface area contributed by atoms with Crippen LogP contribution >= 0.6 is 0 Å². The van der Waals surface area contributed by atoms with Gasteiger partial charge in [0.15, 0.2) is 0 Å². The van der Waals surface area contributed by atoms with Crippen LogP contribution in [-0.2, 0) is 10.0 Å². The number of sulfonamides is 1. The summed E-state index contributed by atoms with van der Waals surface area (Å²) in [6.07, 6.45) is 2.19. The van der Waals surface area contributed by atoms with Crippen LogP contribution < -0.4 is 4.72 Å². The van der Waals surface area contributed by atoms with Gasteiger partial charge >= 0.3 is 0 Å². The number of hydrogen-bond donors (Lipinski definition) is 1. The van der Waals surface area contributed by atoms with E-state index >= 15 is 0 Å². The monoisotopic (exact) mass is 149 g/mol. The van der Waals surface area contributed by atoms with E-state index < -0.39 is 10.0 Å². The van der Waals surface area contributed by atoms with Gasteiger partial charge in [-0.25, -0.2) is 13.1 Å². The Hall–Kier alpha value is -0.0900. The van der Waals surface area contributed by atoms with Crippen LogP contribution in [0.1, 0.15) is 13.3 Å². The molecule has 1 saturated carbocycles. The highest BCUT2D eigenvalue weighted by Gasteiger charge is 2.34. The fraction of sp³-hybridized carbons (Fsp3) is 1.00. The average molecular weight is 149 g/mol. The Bertz CT molecular complexity index is 197. The molecule has 1 rings (SSSR count). The van der Waals surface area contributed by atoms with Crippen molar-refractivity contribution in [3.8, 4) is 0 Å². The lowest BCUT2D eigenvalue weighted by molar-refractivity contribution is 0.584. The SMILES string of the molecule is CC1CC1NS(C)(=O)=O. The zero-order valence-corrected chi connectivity index (χ0v) is 6.40. The third kappa shape index (κ3) is 2.32. The molecule has 0 aromatic carbocycles. The van der Waals surface area contributed by atoms with Crippen LogP contribution in [0, 0.1) is 5.92 Å². The molecule has 1 aliphatic carbocycles. The van der Waals surface area contributed by atoms with Gasteiger partial charge in [0.05, 0.1) is 6.26 Å². The van der Waals surface area contributed by atoms with E-state index in [-0.39, 0.29) is 6.04 Å². The summed E-state index contributed by atoms with van der Waals surface area (Å²) < 4.78 is 23.5. The fourth-order valence-corrected chi connectivity index (χ4v) is 1.64. The molecular formula is C5H11NO2S. The summed E-state index contributed by atoms with van der Waals surface area (Å²) in [6, 6.07) is 0.222. The van der Waals surface area contributed by atoms with Crippen LogP contribution in [0.3, 0.4) is 0 Å². The van der Waals surface area contributed by atoms with Crippen molar-refractivity contribution in [1.82, 2.24) is 4.72 Å². The first-order chi connectivity index (χ1) is 3.99. The molecule has 4 heteroatoms. The van der Waals surface area contributed by atoms with Gasteiger partial charge in [0.25, 0.3) is 0 Å². The van der Waals surface area contributed by atoms with Gasteiger partial charge in [-0.3, -0.25) is 0 Å². The van der Waals surface area contributed by atoms with Crippen LogP contribution in [0.2, 0.25) is 0 Å². The van der Waals surface area contributed by atoms with Crippen molar-refractivity contribution >= 4 is 10.0 Å². The Labute approximate surface area is 55.5 Å². The Kier molecular flexibility index (Phi) is 1.52. The molecule has 54 valence electrons. The topological polar surface area (TPSA) is 46.2 Å². The first kappa shape index (κ1) is 7.02. The Morgan fingerprint density at radius 1 is 1.56 bits per heavy atom. The van der Waals surface area contributed by atoms with Crippen molar-refractivity contribution in [2.75, 3.05) is 6.26 Å². The van der Waals surface area contributed by atoms with E-state index in [1.807, 2.05) is 6.92 Å². The number of nitrogens with one attached hydrogen (secondary N) is 1. The van der Waals surface area contributed by atoms with Crippen LogP contribution in [0.4, 0.5) is 0 Å². The second-order valence-corrected chi connectivity index (χ2v) is 4.49. The van der Waals surface area contributed by atoms with E-state index in [1.54, 1.807) is 0 Å². The summed E-state index contributed by atoms with van der Waals surface area (Å²) in [7, 11) is -2.94. The smallest absolute Gasteiger partial charge is 0.208 e. The molecule has 0 radical (unpaired) electrons. The van der Waals surface area contributed by atoms with E-state index in [1.165, 1.54) is 6.26 Å². The van der Waals surface area contributed by atoms with E-state index in [2.05, 4.69) is 4.72 Å². The summed E-state index contributed by atoms with van der Waals surface area (Å²) in [6.45, 7) is 2.03. The molecular weight excluding hydrogens is 138 g/mol. The molecule has 2 atom stereocenters. The molecule has 0 bridgehead atoms. The van der Waals surface area contributed by atoms with Gasteiger partial charge in [-0.2, -0.15) is 0 Å². The third-order valence-electron chi connectivity index (χ3n) is 1.47. The maximum absolute atomic E-state index is 10.5. The summed E-state index contributed by atoms with van der Waals surface area (Å²) in [4.78, 5) is 0. The molecule has 1 aliphatic rings. The van der Waals surface area contributed by atoms with Crippen molar-refractivity contribution in [1.29, 1.82) is 0 Å². The highest BCUT2D eigenvalue weighted by molar-refractivity contribution is 7.88. The van der Waals surface area contributed by atoms with E-state index in [0.29, 0.717) is 5.92 Å². The maximum atomic E-state index is 10.5. The number of rotatable bonds is 2. The van der Waals surface area contributed by atoms with Gasteiger partial charge in [-0.05, 0) is 12.3 Å². The average Bonchev–Trinajstić information content (AvgIpc) is 2.13. The maximum Gasteiger partial charge on any atom is 0.208 e. The lowest BCUT2D eigenvalue weighted by Gasteiger charge is -1.96. The molecule has 1 N–H and O–H groups in total. The molecule has 0 aliphatic heterocycles. The van der Waals surface area contributed by atoms with Crippen molar-refractivity contribution < 1.29 is 8.42 Å². The highest BCUT2D eigenvalue weighted by atomic mass is 32.2. The number of hydrogen-bond acceptors (Lipinski definition) is 2. The van der Waals surface area contributed by atoms with Gasteiger partial charge < -0.3 is 0 Å². The molecule has 2 unspecified atom stereocenters. The molecule has 0 amide bonds. The van der Waals surface area contributed by atoms with E-state index in [0.717, 1.165) is 6.42 Å². The molecule has 0 aromatic heterocycles. The second kappa shape index (κ2) is 1.95. The summed E-state index contributed by atoms with van der Waals surface area (Å²) in [5.74, 6) is 0.541. The van der Waals surface area contributed by atoms with Crippen LogP contribution in [0.25, 0.3) is 0 Å². The van der Waals surface area contributed by atoms with E-state index in [9.17, 15) is 8.42 Å². The Morgan fingerprint density at radius 2 is 2.00 bits per heavy atom. The zero-order valence-electron chi connectivity index (χ0n) is 5.59. The lowest BCUT2D eigenvalue weighted by atomic mass is 10.5. The minimum absolute atomic E-state index is 0.222. The van der Waals surface area contributed by atoms with E-state index in [4.69, 9.17) is 0 Å². The highest BCUT2D eigenvalue weighted by Crippen LogP contribution is 2.29. The molecule has 0 saturated heterocycles. The van der Waals surface area contributed by atoms with Crippen molar-refractivity contribution in [3.63, 3.8) is 0 Å². The van der Waals surface area contributed by atoms with Gasteiger partial charge in [-0.1, -0.05) is 6.92 Å². The minimum atomic E-state index is -2.94. The van der Waals surface area contributed by atoms with Crippen LogP contribution in [0.5, 0.6) is 0 Å². The first-order valence-electron chi connectivity index (χ1n) is 2.96. The van der Waals surface area contributed by atoms with Gasteiger partial charge in [0, 0.05) is 6.04 Å². The van der Waals surface area contributed by atoms with Crippen molar-refractivity contribution in [2.24, 2.45) is 5.92 Å². The van der Waals surface area contributed by atoms with Crippen molar-refractivity contribution in [3.05, 3.63) is 0 Å². The molecule has 9 heavy (non-hydrogen) atoms. The van der Waals surface area contributed by atoms with Crippen LogP contribution in [-0.4, -0.2) is 20.7 Å². The lowest BCUT2D eigenvalue weighted by Crippen LogP contribution is -2.24. The summed E-state index contributed by atoms with van der Waals surface area (Å²) >= 11 is 0. The predicted molar refractivity (Wildman–Crippen MR) is 35.5 cm³/mol. The Morgan fingerprint density at radius 3 is 2.11 bits per heavy atom. The predicted octanol–water partition coefficient (Wildman–Crippen LogP) is -0.0560. The van der Waals surface area contributed by atoms with Crippen LogP contribution in [0.15, 0.2) is 0 Å². The largest absolute Gasteiger partial charge is 0.213 e. The van der Waals surface area contributed by atoms with Gasteiger partial charge in [0.1, 0.15) is 0 Å². The van der Waals surface area contributed by atoms with Crippen molar-refractivity contribution in [2.45, 2.75) is 19.4 Å². The molecule has 3 nitrogen and oxygen atoms in total. The first-order valence-corrected chi connectivity index (χ1v) is 4.85. The fourth-order valence-electron chi connectivity index (χ4n) is 0.761. The molecule has 1 fully saturated rings. The van der Waals surface area contributed by atoms with Gasteiger partial charge in [0.2, 0.25) is 10.0 Å². The normalized spacial score (nSPS) is 34.4. The summed E-state index contributed by atoms with van der Waals surface area (Å²) in [5.41, 5.74) is 0. The summed E-state index contributed by atoms with van der Waals surface area (Å²) in [5, 5.41) is 0. The standard InChI is InChI=1S/C5H11NO2S/c1-4-3-5(4)6-9(2,7)8/h4-6H,3H2,1-2H3. The molecule has 0 aromatic rings. The van der Waals surface area contributed by atoms with Gasteiger partial charge in [-0.15, -0.1) is 0 Å². The quantitative estimate of drug-likeness (QED) is 0.598. The molecule has 0 heterocycles. The second-order valence-electron chi connectivity index (χ2n) is 2.71. The minimum Gasteiger partial charge on any atom is -0.213 e. The molecule has 0 spiro atoms. The zero-order chi connectivity index (χ0) is 7.07. The Balaban J connectivity index is 2.37. The third-order valence-corrected chi connectivity index (χ3v) is 2.21.